The minimum Gasteiger partial charge on any atom is -0.323 e. The predicted molar refractivity (Wildman–Crippen MR) is 69.6 cm³/mol. The van der Waals surface area contributed by atoms with E-state index < -0.39 is 4.92 Å². The SMILES string of the molecule is Cc1cc(C(=O)N(CC#N)C(C)C)ccc1[N+](=O)[O-]. The van der Waals surface area contributed by atoms with Crippen LogP contribution in [0.2, 0.25) is 0 Å². The van der Waals surface area contributed by atoms with Crippen LogP contribution >= 0.6 is 0 Å². The summed E-state index contributed by atoms with van der Waals surface area (Å²) in [6.07, 6.45) is 0. The molecule has 1 amide bonds. The van der Waals surface area contributed by atoms with Gasteiger partial charge in [-0.25, -0.2) is 0 Å². The van der Waals surface area contributed by atoms with Gasteiger partial charge in [-0.3, -0.25) is 14.9 Å². The fourth-order valence-electron chi connectivity index (χ4n) is 1.72. The molecule has 0 heterocycles. The molecule has 0 spiro atoms. The van der Waals surface area contributed by atoms with Crippen molar-refractivity contribution in [2.75, 3.05) is 6.54 Å². The summed E-state index contributed by atoms with van der Waals surface area (Å²) in [4.78, 5) is 23.9. The maximum atomic E-state index is 12.2. The smallest absolute Gasteiger partial charge is 0.272 e. The molecule has 0 N–H and O–H groups in total. The normalized spacial score (nSPS) is 10.1. The van der Waals surface area contributed by atoms with Crippen molar-refractivity contribution in [3.63, 3.8) is 0 Å². The standard InChI is InChI=1S/C13H15N3O3/c1-9(2)15(7-6-14)13(17)11-4-5-12(16(18)19)10(3)8-11/h4-5,8-9H,7H2,1-3H3. The van der Waals surface area contributed by atoms with Gasteiger partial charge in [-0.15, -0.1) is 0 Å². The van der Waals surface area contributed by atoms with E-state index in [0.29, 0.717) is 11.1 Å². The Morgan fingerprint density at radius 1 is 1.53 bits per heavy atom. The summed E-state index contributed by atoms with van der Waals surface area (Å²) in [5, 5.41) is 19.4. The number of aryl methyl sites for hydroxylation is 1. The van der Waals surface area contributed by atoms with Gasteiger partial charge in [0.25, 0.3) is 11.6 Å². The van der Waals surface area contributed by atoms with E-state index in [4.69, 9.17) is 5.26 Å². The maximum Gasteiger partial charge on any atom is 0.272 e. The molecule has 1 aromatic carbocycles. The lowest BCUT2D eigenvalue weighted by atomic mass is 10.1. The van der Waals surface area contributed by atoms with Crippen LogP contribution < -0.4 is 0 Å². The van der Waals surface area contributed by atoms with Gasteiger partial charge in [0.2, 0.25) is 0 Å². The summed E-state index contributed by atoms with van der Waals surface area (Å²) in [7, 11) is 0. The molecule has 0 saturated heterocycles. The lowest BCUT2D eigenvalue weighted by Gasteiger charge is -2.23. The summed E-state index contributed by atoms with van der Waals surface area (Å²) in [5.74, 6) is -0.297. The molecule has 0 aliphatic carbocycles. The highest BCUT2D eigenvalue weighted by Crippen LogP contribution is 2.20. The molecule has 0 unspecified atom stereocenters. The Labute approximate surface area is 111 Å². The summed E-state index contributed by atoms with van der Waals surface area (Å²) in [6.45, 7) is 5.20. The van der Waals surface area contributed by atoms with Gasteiger partial charge in [0.15, 0.2) is 0 Å². The Hall–Kier alpha value is -2.42. The molecule has 0 aromatic heterocycles. The van der Waals surface area contributed by atoms with E-state index in [1.807, 2.05) is 19.9 Å². The number of hydrogen-bond acceptors (Lipinski definition) is 4. The summed E-state index contributed by atoms with van der Waals surface area (Å²) >= 11 is 0. The first-order valence-corrected chi connectivity index (χ1v) is 5.81. The van der Waals surface area contributed by atoms with Gasteiger partial charge in [0.1, 0.15) is 6.54 Å². The molecule has 1 rings (SSSR count). The fraction of sp³-hybridized carbons (Fsp3) is 0.385. The number of hydrogen-bond donors (Lipinski definition) is 0. The van der Waals surface area contributed by atoms with Gasteiger partial charge in [-0.2, -0.15) is 5.26 Å². The number of nitrogens with zero attached hydrogens (tertiary/aromatic N) is 3. The van der Waals surface area contributed by atoms with Gasteiger partial charge < -0.3 is 4.90 Å². The summed E-state index contributed by atoms with van der Waals surface area (Å²) in [5.41, 5.74) is 0.761. The number of nitro benzene ring substituents is 1. The van der Waals surface area contributed by atoms with Crippen LogP contribution in [0.15, 0.2) is 18.2 Å². The number of nitro groups is 1. The van der Waals surface area contributed by atoms with Gasteiger partial charge in [0.05, 0.1) is 11.0 Å². The molecule has 0 aliphatic rings. The Morgan fingerprint density at radius 3 is 2.58 bits per heavy atom. The molecule has 6 heteroatoms. The average molecular weight is 261 g/mol. The van der Waals surface area contributed by atoms with Crippen LogP contribution in [-0.4, -0.2) is 28.3 Å². The Morgan fingerprint density at radius 2 is 2.16 bits per heavy atom. The highest BCUT2D eigenvalue weighted by molar-refractivity contribution is 5.95. The third kappa shape index (κ3) is 3.28. The molecule has 6 nitrogen and oxygen atoms in total. The van der Waals surface area contributed by atoms with Gasteiger partial charge in [-0.1, -0.05) is 0 Å². The number of nitriles is 1. The predicted octanol–water partition coefficient (Wildman–Crippen LogP) is 2.28. The molecule has 1 aromatic rings. The number of rotatable bonds is 4. The molecule has 0 aliphatic heterocycles. The summed E-state index contributed by atoms with van der Waals surface area (Å²) < 4.78 is 0. The van der Waals surface area contributed by atoms with Gasteiger partial charge in [0, 0.05) is 23.2 Å². The third-order valence-electron chi connectivity index (χ3n) is 2.77. The van der Waals surface area contributed by atoms with Crippen LogP contribution in [0.5, 0.6) is 0 Å². The minimum absolute atomic E-state index is 0.00741. The van der Waals surface area contributed by atoms with Crippen molar-refractivity contribution in [3.05, 3.63) is 39.4 Å². The van der Waals surface area contributed by atoms with Crippen molar-refractivity contribution in [1.29, 1.82) is 5.26 Å². The molecule has 0 bridgehead atoms. The number of carbonyl (C=O) groups excluding carboxylic acids is 1. The van der Waals surface area contributed by atoms with Crippen molar-refractivity contribution in [2.24, 2.45) is 0 Å². The van der Waals surface area contributed by atoms with Crippen LogP contribution in [-0.2, 0) is 0 Å². The van der Waals surface area contributed by atoms with Crippen molar-refractivity contribution in [1.82, 2.24) is 4.90 Å². The van der Waals surface area contributed by atoms with Gasteiger partial charge in [-0.05, 0) is 32.9 Å². The fourth-order valence-corrected chi connectivity index (χ4v) is 1.72. The largest absolute Gasteiger partial charge is 0.323 e. The topological polar surface area (TPSA) is 87.2 Å². The lowest BCUT2D eigenvalue weighted by molar-refractivity contribution is -0.385. The first-order valence-electron chi connectivity index (χ1n) is 5.81. The minimum atomic E-state index is -0.487. The third-order valence-corrected chi connectivity index (χ3v) is 2.77. The quantitative estimate of drug-likeness (QED) is 0.472. The van der Waals surface area contributed by atoms with E-state index >= 15 is 0 Å². The van der Waals surface area contributed by atoms with Crippen LogP contribution in [0, 0.1) is 28.4 Å². The molecule has 0 saturated carbocycles. The van der Waals surface area contributed by atoms with Crippen LogP contribution in [0.25, 0.3) is 0 Å². The Bertz CT molecular complexity index is 547. The van der Waals surface area contributed by atoms with Crippen LogP contribution in [0.1, 0.15) is 29.8 Å². The van der Waals surface area contributed by atoms with E-state index in [9.17, 15) is 14.9 Å². The van der Waals surface area contributed by atoms with E-state index in [2.05, 4.69) is 0 Å². The second-order valence-electron chi connectivity index (χ2n) is 4.44. The highest BCUT2D eigenvalue weighted by atomic mass is 16.6. The number of carbonyl (C=O) groups is 1. The Kier molecular flexibility index (Phi) is 4.59. The van der Waals surface area contributed by atoms with E-state index in [0.717, 1.165) is 0 Å². The molecular formula is C13H15N3O3. The molecule has 0 radical (unpaired) electrons. The molecule has 0 atom stereocenters. The van der Waals surface area contributed by atoms with E-state index in [1.54, 1.807) is 6.92 Å². The van der Waals surface area contributed by atoms with E-state index in [1.165, 1.54) is 23.1 Å². The van der Waals surface area contributed by atoms with Crippen LogP contribution in [0.3, 0.4) is 0 Å². The zero-order valence-electron chi connectivity index (χ0n) is 11.1. The first kappa shape index (κ1) is 14.6. The number of amides is 1. The van der Waals surface area contributed by atoms with Crippen molar-refractivity contribution < 1.29 is 9.72 Å². The highest BCUT2D eigenvalue weighted by Gasteiger charge is 2.20. The molecule has 100 valence electrons. The van der Waals surface area contributed by atoms with E-state index in [-0.39, 0.29) is 24.2 Å². The zero-order valence-corrected chi connectivity index (χ0v) is 11.1. The second kappa shape index (κ2) is 5.96. The van der Waals surface area contributed by atoms with Crippen LogP contribution in [0.4, 0.5) is 5.69 Å². The zero-order chi connectivity index (χ0) is 14.6. The molecule has 19 heavy (non-hydrogen) atoms. The van der Waals surface area contributed by atoms with Crippen molar-refractivity contribution in [2.45, 2.75) is 26.8 Å². The Balaban J connectivity index is 3.10. The first-order chi connectivity index (χ1) is 8.88. The lowest BCUT2D eigenvalue weighted by Crippen LogP contribution is -2.37. The molecule has 0 fully saturated rings. The second-order valence-corrected chi connectivity index (χ2v) is 4.44. The van der Waals surface area contributed by atoms with Crippen molar-refractivity contribution >= 4 is 11.6 Å². The van der Waals surface area contributed by atoms with Gasteiger partial charge >= 0.3 is 0 Å². The van der Waals surface area contributed by atoms with Crippen molar-refractivity contribution in [3.8, 4) is 6.07 Å². The number of benzene rings is 1. The molecular weight excluding hydrogens is 246 g/mol. The summed E-state index contributed by atoms with van der Waals surface area (Å²) in [6, 6.07) is 6.04. The maximum absolute atomic E-state index is 12.2. The average Bonchev–Trinajstić information content (AvgIpc) is 2.34. The monoisotopic (exact) mass is 261 g/mol.